The third-order valence-electron chi connectivity index (χ3n) is 2.09. The maximum atomic E-state index is 11.6. The molecule has 0 aliphatic heterocycles. The van der Waals surface area contributed by atoms with E-state index in [9.17, 15) is 9.59 Å². The Kier molecular flexibility index (Phi) is 4.05. The van der Waals surface area contributed by atoms with Gasteiger partial charge in [-0.05, 0) is 12.1 Å². The molecule has 1 aromatic rings. The van der Waals surface area contributed by atoms with Crippen molar-refractivity contribution in [1.29, 1.82) is 0 Å². The van der Waals surface area contributed by atoms with E-state index in [0.717, 1.165) is 5.69 Å². The average Bonchev–Trinajstić information content (AvgIpc) is 2.26. The highest BCUT2D eigenvalue weighted by Gasteiger charge is 2.08. The van der Waals surface area contributed by atoms with Gasteiger partial charge in [-0.1, -0.05) is 12.1 Å². The SMILES string of the molecule is CC(=O)OCC(=O)c1cccc(N(C)C)c1. The number of carbonyl (C=O) groups is 2. The topological polar surface area (TPSA) is 46.6 Å². The number of esters is 1. The van der Waals surface area contributed by atoms with Crippen LogP contribution in [0.3, 0.4) is 0 Å². The summed E-state index contributed by atoms with van der Waals surface area (Å²) in [6.45, 7) is 1.08. The van der Waals surface area contributed by atoms with Gasteiger partial charge in [0.25, 0.3) is 0 Å². The second-order valence-corrected chi connectivity index (χ2v) is 3.65. The van der Waals surface area contributed by atoms with Gasteiger partial charge in [0.05, 0.1) is 0 Å². The summed E-state index contributed by atoms with van der Waals surface area (Å²) in [6.07, 6.45) is 0. The summed E-state index contributed by atoms with van der Waals surface area (Å²) in [6, 6.07) is 7.18. The molecule has 0 atom stereocenters. The second-order valence-electron chi connectivity index (χ2n) is 3.65. The molecular formula is C12H15NO3. The van der Waals surface area contributed by atoms with Gasteiger partial charge in [0, 0.05) is 32.3 Å². The minimum atomic E-state index is -0.447. The van der Waals surface area contributed by atoms with Crippen molar-refractivity contribution < 1.29 is 14.3 Å². The molecule has 0 spiro atoms. The van der Waals surface area contributed by atoms with Crippen LogP contribution in [0.25, 0.3) is 0 Å². The van der Waals surface area contributed by atoms with Crippen molar-refractivity contribution in [3.05, 3.63) is 29.8 Å². The maximum Gasteiger partial charge on any atom is 0.303 e. The number of nitrogens with zero attached hydrogens (tertiary/aromatic N) is 1. The van der Waals surface area contributed by atoms with Gasteiger partial charge in [0.1, 0.15) is 0 Å². The lowest BCUT2D eigenvalue weighted by Gasteiger charge is -2.13. The van der Waals surface area contributed by atoms with Crippen LogP contribution in [0.4, 0.5) is 5.69 Å². The van der Waals surface area contributed by atoms with Crippen molar-refractivity contribution in [2.75, 3.05) is 25.6 Å². The molecule has 0 radical (unpaired) electrons. The van der Waals surface area contributed by atoms with Crippen molar-refractivity contribution in [1.82, 2.24) is 0 Å². The predicted octanol–water partition coefficient (Wildman–Crippen LogP) is 1.50. The van der Waals surface area contributed by atoms with Gasteiger partial charge in [-0.2, -0.15) is 0 Å². The summed E-state index contributed by atoms with van der Waals surface area (Å²) in [5, 5.41) is 0. The third-order valence-corrected chi connectivity index (χ3v) is 2.09. The Bertz CT molecular complexity index is 399. The van der Waals surface area contributed by atoms with Crippen LogP contribution in [-0.2, 0) is 9.53 Å². The summed E-state index contributed by atoms with van der Waals surface area (Å²) in [4.78, 5) is 24.1. The number of ether oxygens (including phenoxy) is 1. The zero-order valence-electron chi connectivity index (χ0n) is 9.69. The molecule has 1 aromatic carbocycles. The van der Waals surface area contributed by atoms with Crippen LogP contribution >= 0.6 is 0 Å². The summed E-state index contributed by atoms with van der Waals surface area (Å²) >= 11 is 0. The van der Waals surface area contributed by atoms with Crippen LogP contribution in [0.5, 0.6) is 0 Å². The first-order valence-electron chi connectivity index (χ1n) is 4.94. The fraction of sp³-hybridized carbons (Fsp3) is 0.333. The maximum absolute atomic E-state index is 11.6. The first kappa shape index (κ1) is 12.2. The predicted molar refractivity (Wildman–Crippen MR) is 61.7 cm³/mol. The largest absolute Gasteiger partial charge is 0.457 e. The molecule has 0 aliphatic carbocycles. The molecule has 0 fully saturated rings. The Morgan fingerprint density at radius 1 is 1.31 bits per heavy atom. The van der Waals surface area contributed by atoms with Gasteiger partial charge in [-0.25, -0.2) is 0 Å². The Morgan fingerprint density at radius 3 is 2.56 bits per heavy atom. The molecule has 0 aliphatic rings. The minimum Gasteiger partial charge on any atom is -0.457 e. The number of hydrogen-bond acceptors (Lipinski definition) is 4. The molecule has 0 heterocycles. The molecule has 1 rings (SSSR count). The van der Waals surface area contributed by atoms with Crippen LogP contribution in [-0.4, -0.2) is 32.5 Å². The molecule has 16 heavy (non-hydrogen) atoms. The van der Waals surface area contributed by atoms with Crippen LogP contribution in [0.2, 0.25) is 0 Å². The quantitative estimate of drug-likeness (QED) is 0.571. The van der Waals surface area contributed by atoms with Gasteiger partial charge in [0.15, 0.2) is 12.4 Å². The lowest BCUT2D eigenvalue weighted by atomic mass is 10.1. The molecule has 4 heteroatoms. The van der Waals surface area contributed by atoms with Crippen LogP contribution in [0.1, 0.15) is 17.3 Å². The lowest BCUT2D eigenvalue weighted by molar-refractivity contribution is -0.139. The number of Topliss-reactive ketones (excluding diaryl/α,β-unsaturated/α-hetero) is 1. The molecule has 4 nitrogen and oxygen atoms in total. The Hall–Kier alpha value is -1.84. The molecular weight excluding hydrogens is 206 g/mol. The van der Waals surface area contributed by atoms with Crippen molar-refractivity contribution in [3.63, 3.8) is 0 Å². The molecule has 0 saturated heterocycles. The number of rotatable bonds is 4. The number of anilines is 1. The average molecular weight is 221 g/mol. The number of ketones is 1. The van der Waals surface area contributed by atoms with E-state index in [1.165, 1.54) is 6.92 Å². The van der Waals surface area contributed by atoms with Crippen molar-refractivity contribution in [2.45, 2.75) is 6.92 Å². The fourth-order valence-electron chi connectivity index (χ4n) is 1.21. The van der Waals surface area contributed by atoms with Gasteiger partial charge in [-0.3, -0.25) is 9.59 Å². The van der Waals surface area contributed by atoms with E-state index in [4.69, 9.17) is 0 Å². The fourth-order valence-corrected chi connectivity index (χ4v) is 1.21. The zero-order chi connectivity index (χ0) is 12.1. The zero-order valence-corrected chi connectivity index (χ0v) is 9.69. The molecule has 0 N–H and O–H groups in total. The molecule has 0 saturated carbocycles. The normalized spacial score (nSPS) is 9.69. The number of benzene rings is 1. The van der Waals surface area contributed by atoms with Gasteiger partial charge in [-0.15, -0.1) is 0 Å². The van der Waals surface area contributed by atoms with E-state index >= 15 is 0 Å². The Morgan fingerprint density at radius 2 is 2.00 bits per heavy atom. The van der Waals surface area contributed by atoms with E-state index in [1.807, 2.05) is 25.1 Å². The standard InChI is InChI=1S/C12H15NO3/c1-9(14)16-8-12(15)10-5-4-6-11(7-10)13(2)3/h4-7H,8H2,1-3H3. The Labute approximate surface area is 94.8 Å². The van der Waals surface area contributed by atoms with Crippen molar-refractivity contribution >= 4 is 17.4 Å². The van der Waals surface area contributed by atoms with Crippen molar-refractivity contribution in [3.8, 4) is 0 Å². The van der Waals surface area contributed by atoms with Gasteiger partial charge < -0.3 is 9.64 Å². The van der Waals surface area contributed by atoms with E-state index in [2.05, 4.69) is 4.74 Å². The second kappa shape index (κ2) is 5.30. The molecule has 0 bridgehead atoms. The molecule has 0 aromatic heterocycles. The number of hydrogen-bond donors (Lipinski definition) is 0. The molecule has 86 valence electrons. The highest BCUT2D eigenvalue weighted by atomic mass is 16.5. The summed E-state index contributed by atoms with van der Waals surface area (Å²) in [5.74, 6) is -0.643. The summed E-state index contributed by atoms with van der Waals surface area (Å²) < 4.78 is 4.66. The monoisotopic (exact) mass is 221 g/mol. The Balaban J connectivity index is 2.75. The third kappa shape index (κ3) is 3.38. The van der Waals surface area contributed by atoms with E-state index in [0.29, 0.717) is 5.56 Å². The highest BCUT2D eigenvalue weighted by molar-refractivity contribution is 5.98. The van der Waals surface area contributed by atoms with Crippen LogP contribution in [0, 0.1) is 0 Å². The van der Waals surface area contributed by atoms with E-state index in [-0.39, 0.29) is 12.4 Å². The summed E-state index contributed by atoms with van der Waals surface area (Å²) in [7, 11) is 3.80. The first-order valence-corrected chi connectivity index (χ1v) is 4.94. The van der Waals surface area contributed by atoms with Gasteiger partial charge in [0.2, 0.25) is 0 Å². The number of carbonyl (C=O) groups excluding carboxylic acids is 2. The molecule has 0 amide bonds. The molecule has 0 unspecified atom stereocenters. The minimum absolute atomic E-state index is 0.195. The van der Waals surface area contributed by atoms with Crippen LogP contribution in [0.15, 0.2) is 24.3 Å². The van der Waals surface area contributed by atoms with Crippen LogP contribution < -0.4 is 4.90 Å². The van der Waals surface area contributed by atoms with Crippen molar-refractivity contribution in [2.24, 2.45) is 0 Å². The van der Waals surface area contributed by atoms with E-state index < -0.39 is 5.97 Å². The summed E-state index contributed by atoms with van der Waals surface area (Å²) in [5.41, 5.74) is 1.49. The van der Waals surface area contributed by atoms with Gasteiger partial charge >= 0.3 is 5.97 Å². The first-order chi connectivity index (χ1) is 7.50. The lowest BCUT2D eigenvalue weighted by Crippen LogP contribution is -2.13. The highest BCUT2D eigenvalue weighted by Crippen LogP contribution is 2.13. The van der Waals surface area contributed by atoms with E-state index in [1.54, 1.807) is 18.2 Å². The smallest absolute Gasteiger partial charge is 0.303 e.